The van der Waals surface area contributed by atoms with Crippen molar-refractivity contribution in [2.45, 2.75) is 25.7 Å². The van der Waals surface area contributed by atoms with Crippen LogP contribution in [0.5, 0.6) is 0 Å². The Kier molecular flexibility index (Phi) is 7.52. The summed E-state index contributed by atoms with van der Waals surface area (Å²) in [4.78, 5) is 17.8. The molecule has 11 heteroatoms. The molecule has 0 saturated heterocycles. The highest BCUT2D eigenvalue weighted by molar-refractivity contribution is 7.71. The van der Waals surface area contributed by atoms with E-state index in [0.717, 1.165) is 17.0 Å². The van der Waals surface area contributed by atoms with Crippen LogP contribution in [0, 0.1) is 4.77 Å². The summed E-state index contributed by atoms with van der Waals surface area (Å²) in [6.07, 6.45) is -4.44. The summed E-state index contributed by atoms with van der Waals surface area (Å²) in [5.41, 5.74) is -0.325. The highest BCUT2D eigenvalue weighted by Gasteiger charge is 2.31. The number of nitrogens with zero attached hydrogens (tertiary/aromatic N) is 4. The van der Waals surface area contributed by atoms with Crippen LogP contribution < -0.4 is 0 Å². The van der Waals surface area contributed by atoms with Gasteiger partial charge < -0.3 is 9.80 Å². The Hall–Kier alpha value is -2.50. The van der Waals surface area contributed by atoms with Crippen LogP contribution in [0.25, 0.3) is 10.7 Å². The molecule has 1 aromatic carbocycles. The zero-order valence-electron chi connectivity index (χ0n) is 17.9. The Morgan fingerprint density at radius 3 is 2.62 bits per heavy atom. The van der Waals surface area contributed by atoms with E-state index in [1.165, 1.54) is 17.4 Å². The number of H-pyrrole nitrogens is 1. The van der Waals surface area contributed by atoms with Crippen molar-refractivity contribution < 1.29 is 18.0 Å². The molecule has 0 bridgehead atoms. The number of carbonyl (C=O) groups excluding carboxylic acids is 1. The summed E-state index contributed by atoms with van der Waals surface area (Å²) < 4.78 is 41.4. The number of hydrogen-bond acceptors (Lipinski definition) is 5. The van der Waals surface area contributed by atoms with Crippen molar-refractivity contribution in [3.05, 3.63) is 57.7 Å². The first-order valence-corrected chi connectivity index (χ1v) is 11.2. The minimum Gasteiger partial charge on any atom is -0.335 e. The Morgan fingerprint density at radius 1 is 1.25 bits per heavy atom. The molecule has 1 atom stereocenters. The van der Waals surface area contributed by atoms with Gasteiger partial charge in [-0.25, -0.2) is 0 Å². The molecule has 3 rings (SSSR count). The lowest BCUT2D eigenvalue weighted by Crippen LogP contribution is -2.40. The number of rotatable bonds is 8. The zero-order valence-corrected chi connectivity index (χ0v) is 19.5. The van der Waals surface area contributed by atoms with E-state index in [1.807, 2.05) is 36.5 Å². The highest BCUT2D eigenvalue weighted by Crippen LogP contribution is 2.30. The molecule has 3 aromatic rings. The minimum atomic E-state index is -4.44. The number of aromatic amines is 1. The van der Waals surface area contributed by atoms with E-state index in [9.17, 15) is 18.0 Å². The van der Waals surface area contributed by atoms with E-state index in [4.69, 9.17) is 12.2 Å². The van der Waals surface area contributed by atoms with Gasteiger partial charge in [0.15, 0.2) is 10.6 Å². The first-order valence-electron chi connectivity index (χ1n) is 9.88. The third-order valence-electron chi connectivity index (χ3n) is 4.95. The largest absolute Gasteiger partial charge is 0.416 e. The fraction of sp³-hybridized carbons (Fsp3) is 0.381. The molecule has 6 nitrogen and oxygen atoms in total. The normalized spacial score (nSPS) is 12.8. The van der Waals surface area contributed by atoms with Gasteiger partial charge in [-0.15, -0.1) is 11.3 Å². The fourth-order valence-electron chi connectivity index (χ4n) is 3.27. The molecule has 0 aliphatic carbocycles. The maximum absolute atomic E-state index is 13.5. The van der Waals surface area contributed by atoms with Crippen molar-refractivity contribution in [3.63, 3.8) is 0 Å². The SMILES string of the molecule is CC(C(=O)N(CCN(C)C)Cc1cccc(C(F)(F)F)c1)n1c(-c2cccs2)n[nH]c1=S. The predicted molar refractivity (Wildman–Crippen MR) is 121 cm³/mol. The molecule has 1 N–H and O–H groups in total. The number of halogens is 3. The number of hydrogen-bond donors (Lipinski definition) is 1. The van der Waals surface area contributed by atoms with Crippen molar-refractivity contribution >= 4 is 29.5 Å². The van der Waals surface area contributed by atoms with Gasteiger partial charge in [0.25, 0.3) is 0 Å². The molecule has 1 unspecified atom stereocenters. The minimum absolute atomic E-state index is 0.0560. The van der Waals surface area contributed by atoms with Gasteiger partial charge in [-0.1, -0.05) is 18.2 Å². The van der Waals surface area contributed by atoms with E-state index in [1.54, 1.807) is 22.5 Å². The van der Waals surface area contributed by atoms with E-state index in [-0.39, 0.29) is 12.5 Å². The number of amides is 1. The van der Waals surface area contributed by atoms with Gasteiger partial charge in [0, 0.05) is 19.6 Å². The van der Waals surface area contributed by atoms with Crippen LogP contribution in [-0.2, 0) is 17.5 Å². The summed E-state index contributed by atoms with van der Waals surface area (Å²) in [5.74, 6) is 0.303. The zero-order chi connectivity index (χ0) is 23.5. The number of benzene rings is 1. The summed E-state index contributed by atoms with van der Waals surface area (Å²) in [5, 5.41) is 8.92. The van der Waals surface area contributed by atoms with Crippen LogP contribution in [0.15, 0.2) is 41.8 Å². The lowest BCUT2D eigenvalue weighted by atomic mass is 10.1. The van der Waals surface area contributed by atoms with Crippen molar-refractivity contribution in [2.75, 3.05) is 27.2 Å². The lowest BCUT2D eigenvalue weighted by Gasteiger charge is -2.28. The maximum atomic E-state index is 13.5. The molecule has 0 fully saturated rings. The number of carbonyl (C=O) groups is 1. The molecular weight excluding hydrogens is 459 g/mol. The van der Waals surface area contributed by atoms with Crippen LogP contribution in [0.4, 0.5) is 13.2 Å². The van der Waals surface area contributed by atoms with Gasteiger partial charge in [-0.2, -0.15) is 18.3 Å². The molecule has 32 heavy (non-hydrogen) atoms. The van der Waals surface area contributed by atoms with Crippen molar-refractivity contribution in [1.82, 2.24) is 24.6 Å². The Balaban J connectivity index is 1.90. The van der Waals surface area contributed by atoms with Crippen LogP contribution in [0.3, 0.4) is 0 Å². The lowest BCUT2D eigenvalue weighted by molar-refractivity contribution is -0.137. The van der Waals surface area contributed by atoms with E-state index < -0.39 is 17.8 Å². The summed E-state index contributed by atoms with van der Waals surface area (Å²) in [6, 6.07) is 8.14. The highest BCUT2D eigenvalue weighted by atomic mass is 32.1. The van der Waals surface area contributed by atoms with E-state index in [0.29, 0.717) is 29.2 Å². The first kappa shape index (κ1) is 24.1. The molecule has 172 valence electrons. The van der Waals surface area contributed by atoms with Gasteiger partial charge in [-0.3, -0.25) is 14.5 Å². The quantitative estimate of drug-likeness (QED) is 0.466. The van der Waals surface area contributed by atoms with Crippen LogP contribution in [0.2, 0.25) is 0 Å². The molecule has 2 heterocycles. The second kappa shape index (κ2) is 9.97. The standard InChI is InChI=1S/C21H24F3N5OS2/c1-14(29-18(25-26-20(29)31)17-8-5-11-32-17)19(30)28(10-9-27(2)3)13-15-6-4-7-16(12-15)21(22,23)24/h4-8,11-12,14H,9-10,13H2,1-3H3,(H,26,31). The second-order valence-corrected chi connectivity index (χ2v) is 8.97. The van der Waals surface area contributed by atoms with Crippen LogP contribution in [-0.4, -0.2) is 57.7 Å². The van der Waals surface area contributed by atoms with Crippen LogP contribution >= 0.6 is 23.6 Å². The molecule has 0 spiro atoms. The van der Waals surface area contributed by atoms with Crippen molar-refractivity contribution in [3.8, 4) is 10.7 Å². The van der Waals surface area contributed by atoms with Gasteiger partial charge in [0.2, 0.25) is 5.91 Å². The topological polar surface area (TPSA) is 57.2 Å². The van der Waals surface area contributed by atoms with Gasteiger partial charge in [0.1, 0.15) is 6.04 Å². The number of likely N-dealkylation sites (N-methyl/N-ethyl adjacent to an activating group) is 1. The molecular formula is C21H24F3N5OS2. The van der Waals surface area contributed by atoms with Crippen LogP contribution in [0.1, 0.15) is 24.1 Å². The summed E-state index contributed by atoms with van der Waals surface area (Å²) >= 11 is 6.84. The second-order valence-electron chi connectivity index (χ2n) is 7.64. The third-order valence-corrected chi connectivity index (χ3v) is 6.10. The molecule has 0 aliphatic heterocycles. The van der Waals surface area contributed by atoms with Gasteiger partial charge in [-0.05, 0) is 62.4 Å². The Bertz CT molecular complexity index is 1110. The fourth-order valence-corrected chi connectivity index (χ4v) is 4.27. The average molecular weight is 484 g/mol. The smallest absolute Gasteiger partial charge is 0.335 e. The summed E-state index contributed by atoms with van der Waals surface area (Å²) in [7, 11) is 3.74. The molecule has 0 aliphatic rings. The maximum Gasteiger partial charge on any atom is 0.416 e. The molecule has 2 aromatic heterocycles. The van der Waals surface area contributed by atoms with Gasteiger partial charge >= 0.3 is 6.18 Å². The number of alkyl halides is 3. The third kappa shape index (κ3) is 5.64. The number of aromatic nitrogens is 3. The Labute approximate surface area is 193 Å². The predicted octanol–water partition coefficient (Wildman–Crippen LogP) is 4.84. The molecule has 0 radical (unpaired) electrons. The number of nitrogens with one attached hydrogen (secondary N) is 1. The van der Waals surface area contributed by atoms with Crippen molar-refractivity contribution in [2.24, 2.45) is 0 Å². The van der Waals surface area contributed by atoms with E-state index >= 15 is 0 Å². The number of thiophene rings is 1. The first-order chi connectivity index (χ1) is 15.1. The average Bonchev–Trinajstić information content (AvgIpc) is 3.39. The van der Waals surface area contributed by atoms with Gasteiger partial charge in [0.05, 0.1) is 10.4 Å². The monoisotopic (exact) mass is 483 g/mol. The molecule has 1 amide bonds. The Morgan fingerprint density at radius 2 is 2.00 bits per heavy atom. The van der Waals surface area contributed by atoms with Crippen molar-refractivity contribution in [1.29, 1.82) is 0 Å². The summed E-state index contributed by atoms with van der Waals surface area (Å²) in [6.45, 7) is 2.69. The van der Waals surface area contributed by atoms with E-state index in [2.05, 4.69) is 10.2 Å². The molecule has 0 saturated carbocycles.